The Morgan fingerprint density at radius 2 is 1.92 bits per heavy atom. The molecule has 136 valence electrons. The molecule has 0 atom stereocenters. The van der Waals surface area contributed by atoms with Gasteiger partial charge >= 0.3 is 5.97 Å². The molecule has 0 spiro atoms. The van der Waals surface area contributed by atoms with Gasteiger partial charge in [0.15, 0.2) is 0 Å². The molecule has 0 aliphatic heterocycles. The third-order valence-electron chi connectivity index (χ3n) is 3.80. The van der Waals surface area contributed by atoms with E-state index in [1.165, 1.54) is 0 Å². The van der Waals surface area contributed by atoms with Crippen LogP contribution in [0.15, 0.2) is 18.2 Å². The topological polar surface area (TPSA) is 88.4 Å². The number of carbonyl (C=O) groups is 2. The summed E-state index contributed by atoms with van der Waals surface area (Å²) in [5.41, 5.74) is 7.20. The summed E-state index contributed by atoms with van der Waals surface area (Å²) in [6.07, 6.45) is 0. The van der Waals surface area contributed by atoms with E-state index >= 15 is 0 Å². The first-order valence-corrected chi connectivity index (χ1v) is 8.51. The molecule has 3 N–H and O–H groups in total. The molecule has 0 aliphatic carbocycles. The van der Waals surface area contributed by atoms with E-state index in [0.717, 1.165) is 5.69 Å². The van der Waals surface area contributed by atoms with Crippen molar-refractivity contribution in [1.82, 2.24) is 4.98 Å². The second kappa shape index (κ2) is 6.78. The Balaban J connectivity index is 2.46. The van der Waals surface area contributed by atoms with Crippen LogP contribution < -0.4 is 10.6 Å². The summed E-state index contributed by atoms with van der Waals surface area (Å²) < 4.78 is 5.44. The minimum absolute atomic E-state index is 0.0498. The number of fused-ring (bicyclic) bond motifs is 1. The maximum atomic E-state index is 12.4. The van der Waals surface area contributed by atoms with E-state index in [2.05, 4.69) is 4.98 Å². The third kappa shape index (κ3) is 3.95. The molecule has 0 saturated carbocycles. The number of hydrogen-bond acceptors (Lipinski definition) is 4. The maximum absolute atomic E-state index is 12.4. The number of nitrogens with one attached hydrogen (secondary N) is 1. The normalized spacial score (nSPS) is 11.8. The number of anilines is 2. The number of esters is 1. The van der Waals surface area contributed by atoms with Crippen LogP contribution in [0.4, 0.5) is 11.5 Å². The van der Waals surface area contributed by atoms with Crippen LogP contribution in [0.2, 0.25) is 0 Å². The zero-order valence-corrected chi connectivity index (χ0v) is 15.8. The highest BCUT2D eigenvalue weighted by Crippen LogP contribution is 2.30. The van der Waals surface area contributed by atoms with Crippen molar-refractivity contribution in [2.24, 2.45) is 5.92 Å². The average molecular weight is 345 g/mol. The first-order valence-electron chi connectivity index (χ1n) is 8.51. The maximum Gasteiger partial charge on any atom is 0.343 e. The standard InChI is InChI=1S/C19H27N3O3/c1-7-22(17(23)11(2)3)12-8-9-13-14(10-12)21-16(20)15(13)18(24)25-19(4,5)6/h8-11,21H,7,20H2,1-6H3. The summed E-state index contributed by atoms with van der Waals surface area (Å²) in [6.45, 7) is 11.7. The highest BCUT2D eigenvalue weighted by molar-refractivity contribution is 6.10. The van der Waals surface area contributed by atoms with Gasteiger partial charge in [0.1, 0.15) is 17.0 Å². The molecule has 0 unspecified atom stereocenters. The van der Waals surface area contributed by atoms with Crippen molar-refractivity contribution in [3.8, 4) is 0 Å². The van der Waals surface area contributed by atoms with Gasteiger partial charge < -0.3 is 20.4 Å². The Hall–Kier alpha value is -2.50. The number of nitrogens with zero attached hydrogens (tertiary/aromatic N) is 1. The minimum atomic E-state index is -0.601. The predicted octanol–water partition coefficient (Wildman–Crippen LogP) is 3.71. The number of aromatic amines is 1. The van der Waals surface area contributed by atoms with Crippen molar-refractivity contribution in [3.63, 3.8) is 0 Å². The van der Waals surface area contributed by atoms with Crippen LogP contribution in [-0.2, 0) is 9.53 Å². The first-order chi connectivity index (χ1) is 11.5. The highest BCUT2D eigenvalue weighted by atomic mass is 16.6. The molecule has 6 heteroatoms. The largest absolute Gasteiger partial charge is 0.456 e. The lowest BCUT2D eigenvalue weighted by molar-refractivity contribution is -0.121. The van der Waals surface area contributed by atoms with Crippen molar-refractivity contribution in [1.29, 1.82) is 0 Å². The monoisotopic (exact) mass is 345 g/mol. The third-order valence-corrected chi connectivity index (χ3v) is 3.80. The quantitative estimate of drug-likeness (QED) is 0.827. The number of ether oxygens (including phenoxy) is 1. The number of nitrogen functional groups attached to an aromatic ring is 1. The van der Waals surface area contributed by atoms with Gasteiger partial charge in [-0.15, -0.1) is 0 Å². The van der Waals surface area contributed by atoms with Crippen LogP contribution in [0.25, 0.3) is 10.9 Å². The van der Waals surface area contributed by atoms with Crippen molar-refractivity contribution in [3.05, 3.63) is 23.8 Å². The molecule has 0 bridgehead atoms. The molecule has 25 heavy (non-hydrogen) atoms. The lowest BCUT2D eigenvalue weighted by Crippen LogP contribution is -2.33. The van der Waals surface area contributed by atoms with Crippen LogP contribution in [0.3, 0.4) is 0 Å². The van der Waals surface area contributed by atoms with E-state index in [9.17, 15) is 9.59 Å². The Morgan fingerprint density at radius 3 is 2.44 bits per heavy atom. The van der Waals surface area contributed by atoms with E-state index in [4.69, 9.17) is 10.5 Å². The zero-order chi connectivity index (χ0) is 18.9. The van der Waals surface area contributed by atoms with Gasteiger partial charge in [0.05, 0.1) is 0 Å². The molecule has 1 amide bonds. The lowest BCUT2D eigenvalue weighted by atomic mass is 10.1. The van der Waals surface area contributed by atoms with E-state index in [-0.39, 0.29) is 17.6 Å². The van der Waals surface area contributed by atoms with Crippen molar-refractivity contribution >= 4 is 34.3 Å². The zero-order valence-electron chi connectivity index (χ0n) is 15.8. The fraction of sp³-hybridized carbons (Fsp3) is 0.474. The van der Waals surface area contributed by atoms with E-state index in [0.29, 0.717) is 23.0 Å². The fourth-order valence-corrected chi connectivity index (χ4v) is 2.70. The summed E-state index contributed by atoms with van der Waals surface area (Å²) in [4.78, 5) is 29.5. The summed E-state index contributed by atoms with van der Waals surface area (Å²) in [7, 11) is 0. The Bertz CT molecular complexity index is 800. The molecule has 0 fully saturated rings. The first kappa shape index (κ1) is 18.8. The van der Waals surface area contributed by atoms with Gasteiger partial charge in [0, 0.05) is 29.1 Å². The molecule has 6 nitrogen and oxygen atoms in total. The minimum Gasteiger partial charge on any atom is -0.456 e. The summed E-state index contributed by atoms with van der Waals surface area (Å²) in [5.74, 6) is -0.246. The van der Waals surface area contributed by atoms with Gasteiger partial charge in [-0.2, -0.15) is 0 Å². The number of benzene rings is 1. The molecular weight excluding hydrogens is 318 g/mol. The second-order valence-corrected chi connectivity index (χ2v) is 7.38. The second-order valence-electron chi connectivity index (χ2n) is 7.38. The molecule has 0 saturated heterocycles. The van der Waals surface area contributed by atoms with Gasteiger partial charge in [-0.3, -0.25) is 4.79 Å². The number of aromatic nitrogens is 1. The summed E-state index contributed by atoms with van der Waals surface area (Å²) in [5, 5.41) is 0.684. The van der Waals surface area contributed by atoms with Crippen LogP contribution in [0, 0.1) is 5.92 Å². The highest BCUT2D eigenvalue weighted by Gasteiger charge is 2.24. The van der Waals surface area contributed by atoms with Crippen LogP contribution in [-0.4, -0.2) is 29.0 Å². The number of rotatable bonds is 4. The predicted molar refractivity (Wildman–Crippen MR) is 101 cm³/mol. The molecule has 1 heterocycles. The van der Waals surface area contributed by atoms with Gasteiger partial charge in [0.25, 0.3) is 0 Å². The van der Waals surface area contributed by atoms with Crippen LogP contribution >= 0.6 is 0 Å². The number of hydrogen-bond donors (Lipinski definition) is 2. The number of nitrogens with two attached hydrogens (primary N) is 1. The molecule has 1 aromatic carbocycles. The summed E-state index contributed by atoms with van der Waals surface area (Å²) in [6, 6.07) is 5.46. The molecule has 0 aliphatic rings. The number of amides is 1. The van der Waals surface area contributed by atoms with E-state index in [1.807, 2.05) is 53.7 Å². The van der Waals surface area contributed by atoms with Crippen molar-refractivity contribution < 1.29 is 14.3 Å². The molecule has 1 aromatic heterocycles. The van der Waals surface area contributed by atoms with Crippen molar-refractivity contribution in [2.45, 2.75) is 47.1 Å². The Kier molecular flexibility index (Phi) is 5.11. The Morgan fingerprint density at radius 1 is 1.28 bits per heavy atom. The molecule has 2 rings (SSSR count). The number of carbonyl (C=O) groups excluding carboxylic acids is 2. The molecule has 0 radical (unpaired) electrons. The van der Waals surface area contributed by atoms with Gasteiger partial charge in [0.2, 0.25) is 5.91 Å². The smallest absolute Gasteiger partial charge is 0.343 e. The van der Waals surface area contributed by atoms with Crippen LogP contribution in [0.5, 0.6) is 0 Å². The molecular formula is C19H27N3O3. The number of H-pyrrole nitrogens is 1. The Labute approximate surface area is 148 Å². The molecule has 2 aromatic rings. The van der Waals surface area contributed by atoms with E-state index in [1.54, 1.807) is 11.0 Å². The summed E-state index contributed by atoms with van der Waals surface area (Å²) >= 11 is 0. The SMILES string of the molecule is CCN(C(=O)C(C)C)c1ccc2c(C(=O)OC(C)(C)C)c(N)[nH]c2c1. The van der Waals surface area contributed by atoms with Crippen LogP contribution in [0.1, 0.15) is 51.9 Å². The van der Waals surface area contributed by atoms with Crippen molar-refractivity contribution in [2.75, 3.05) is 17.2 Å². The van der Waals surface area contributed by atoms with Gasteiger partial charge in [-0.1, -0.05) is 13.8 Å². The average Bonchev–Trinajstić information content (AvgIpc) is 2.81. The van der Waals surface area contributed by atoms with E-state index < -0.39 is 11.6 Å². The lowest BCUT2D eigenvalue weighted by Gasteiger charge is -2.23. The fourth-order valence-electron chi connectivity index (χ4n) is 2.70. The van der Waals surface area contributed by atoms with Gasteiger partial charge in [-0.05, 0) is 45.9 Å². The van der Waals surface area contributed by atoms with Gasteiger partial charge in [-0.25, -0.2) is 4.79 Å².